The van der Waals surface area contributed by atoms with Gasteiger partial charge in [0.1, 0.15) is 11.6 Å². The predicted molar refractivity (Wildman–Crippen MR) is 54.5 cm³/mol. The molecule has 0 aliphatic heterocycles. The van der Waals surface area contributed by atoms with Gasteiger partial charge in [0.25, 0.3) is 0 Å². The van der Waals surface area contributed by atoms with Gasteiger partial charge in [-0.2, -0.15) is 0 Å². The van der Waals surface area contributed by atoms with Gasteiger partial charge in [0.05, 0.1) is 0 Å². The molecular weight excluding hydrogens is 216 g/mol. The normalized spacial score (nSPS) is 10.2. The number of hydrogen-bond donors (Lipinski definition) is 2. The van der Waals surface area contributed by atoms with Crippen LogP contribution in [0.5, 0.6) is 0 Å². The van der Waals surface area contributed by atoms with Crippen LogP contribution < -0.4 is 5.32 Å². The molecule has 88 valence electrons. The number of rotatable bonds is 5. The molecule has 16 heavy (non-hydrogen) atoms. The molecule has 3 nitrogen and oxygen atoms in total. The van der Waals surface area contributed by atoms with E-state index in [2.05, 4.69) is 5.32 Å². The Morgan fingerprint density at radius 1 is 1.38 bits per heavy atom. The van der Waals surface area contributed by atoms with Crippen LogP contribution >= 0.6 is 0 Å². The molecule has 0 aromatic heterocycles. The molecule has 5 heteroatoms. The van der Waals surface area contributed by atoms with Crippen molar-refractivity contribution in [2.75, 3.05) is 6.61 Å². The van der Waals surface area contributed by atoms with E-state index in [4.69, 9.17) is 5.11 Å². The standard InChI is InChI=1S/C11H13F2NO2/c12-9-4-3-8(10(13)6-9)7-14-11(16)2-1-5-15/h3-4,6,15H,1-2,5,7H2,(H,14,16). The van der Waals surface area contributed by atoms with Crippen LogP contribution in [-0.4, -0.2) is 17.6 Å². The number of aliphatic hydroxyl groups is 1. The van der Waals surface area contributed by atoms with Crippen molar-refractivity contribution in [3.63, 3.8) is 0 Å². The van der Waals surface area contributed by atoms with Crippen LogP contribution in [0.3, 0.4) is 0 Å². The maximum Gasteiger partial charge on any atom is 0.220 e. The molecule has 0 unspecified atom stereocenters. The summed E-state index contributed by atoms with van der Waals surface area (Å²) < 4.78 is 25.7. The molecule has 1 aromatic carbocycles. The summed E-state index contributed by atoms with van der Waals surface area (Å²) >= 11 is 0. The third-order valence-corrected chi connectivity index (χ3v) is 2.05. The molecule has 0 atom stereocenters. The summed E-state index contributed by atoms with van der Waals surface area (Å²) in [4.78, 5) is 11.1. The van der Waals surface area contributed by atoms with E-state index in [9.17, 15) is 13.6 Å². The Kier molecular flexibility index (Phi) is 4.85. The first-order chi connectivity index (χ1) is 7.63. The molecule has 0 radical (unpaired) electrons. The van der Waals surface area contributed by atoms with Crippen LogP contribution in [0.25, 0.3) is 0 Å². The monoisotopic (exact) mass is 229 g/mol. The molecule has 0 aliphatic rings. The van der Waals surface area contributed by atoms with E-state index in [0.29, 0.717) is 6.42 Å². The van der Waals surface area contributed by atoms with Gasteiger partial charge in [-0.25, -0.2) is 8.78 Å². The second kappa shape index (κ2) is 6.17. The first-order valence-corrected chi connectivity index (χ1v) is 4.95. The van der Waals surface area contributed by atoms with Gasteiger partial charge < -0.3 is 10.4 Å². The quantitative estimate of drug-likeness (QED) is 0.800. The largest absolute Gasteiger partial charge is 0.396 e. The van der Waals surface area contributed by atoms with Gasteiger partial charge in [-0.15, -0.1) is 0 Å². The van der Waals surface area contributed by atoms with Crippen molar-refractivity contribution in [2.24, 2.45) is 0 Å². The summed E-state index contributed by atoms with van der Waals surface area (Å²) in [5.41, 5.74) is 0.235. The molecule has 0 saturated carbocycles. The zero-order valence-electron chi connectivity index (χ0n) is 8.67. The fourth-order valence-electron chi connectivity index (χ4n) is 1.19. The van der Waals surface area contributed by atoms with E-state index in [1.807, 2.05) is 0 Å². The smallest absolute Gasteiger partial charge is 0.220 e. The van der Waals surface area contributed by atoms with Gasteiger partial charge in [-0.3, -0.25) is 4.79 Å². The van der Waals surface area contributed by atoms with Crippen molar-refractivity contribution in [1.82, 2.24) is 5.32 Å². The van der Waals surface area contributed by atoms with Crippen LogP contribution in [0.4, 0.5) is 8.78 Å². The van der Waals surface area contributed by atoms with Crippen LogP contribution in [0.1, 0.15) is 18.4 Å². The molecule has 1 rings (SSSR count). The summed E-state index contributed by atoms with van der Waals surface area (Å²) in [5.74, 6) is -1.59. The summed E-state index contributed by atoms with van der Waals surface area (Å²) in [6.07, 6.45) is 0.567. The first-order valence-electron chi connectivity index (χ1n) is 4.95. The molecule has 1 amide bonds. The summed E-state index contributed by atoms with van der Waals surface area (Å²) in [7, 11) is 0. The third kappa shape index (κ3) is 3.94. The Balaban J connectivity index is 2.45. The number of halogens is 2. The fraction of sp³-hybridized carbons (Fsp3) is 0.364. The minimum atomic E-state index is -0.678. The molecular formula is C11H13F2NO2. The van der Waals surface area contributed by atoms with Crippen LogP contribution in [0.15, 0.2) is 18.2 Å². The average Bonchev–Trinajstić information content (AvgIpc) is 2.25. The lowest BCUT2D eigenvalue weighted by Crippen LogP contribution is -2.23. The van der Waals surface area contributed by atoms with Crippen LogP contribution in [0, 0.1) is 11.6 Å². The van der Waals surface area contributed by atoms with Gasteiger partial charge in [0, 0.05) is 31.2 Å². The van der Waals surface area contributed by atoms with Crippen LogP contribution in [-0.2, 0) is 11.3 Å². The Morgan fingerprint density at radius 2 is 2.12 bits per heavy atom. The zero-order chi connectivity index (χ0) is 12.0. The van der Waals surface area contributed by atoms with Crippen molar-refractivity contribution >= 4 is 5.91 Å². The molecule has 0 fully saturated rings. The summed E-state index contributed by atoms with van der Waals surface area (Å²) in [5, 5.41) is 11.0. The van der Waals surface area contributed by atoms with Crippen molar-refractivity contribution in [3.8, 4) is 0 Å². The minimum Gasteiger partial charge on any atom is -0.396 e. The molecule has 0 saturated heterocycles. The molecule has 0 aliphatic carbocycles. The number of hydrogen-bond acceptors (Lipinski definition) is 2. The summed E-state index contributed by atoms with van der Waals surface area (Å²) in [6, 6.07) is 3.20. The minimum absolute atomic E-state index is 0.0242. The van der Waals surface area contributed by atoms with Crippen molar-refractivity contribution < 1.29 is 18.7 Å². The lowest BCUT2D eigenvalue weighted by molar-refractivity contribution is -0.121. The van der Waals surface area contributed by atoms with Gasteiger partial charge in [-0.05, 0) is 12.5 Å². The number of aliphatic hydroxyl groups excluding tert-OH is 1. The number of carbonyl (C=O) groups excluding carboxylic acids is 1. The van der Waals surface area contributed by atoms with Crippen molar-refractivity contribution in [2.45, 2.75) is 19.4 Å². The predicted octanol–water partition coefficient (Wildman–Crippen LogP) is 1.35. The summed E-state index contributed by atoms with van der Waals surface area (Å²) in [6.45, 7) is -0.0330. The second-order valence-electron chi connectivity index (χ2n) is 3.34. The van der Waals surface area contributed by atoms with E-state index in [-0.39, 0.29) is 31.0 Å². The van der Waals surface area contributed by atoms with E-state index < -0.39 is 11.6 Å². The topological polar surface area (TPSA) is 49.3 Å². The van der Waals surface area contributed by atoms with E-state index in [1.54, 1.807) is 0 Å². The third-order valence-electron chi connectivity index (χ3n) is 2.05. The van der Waals surface area contributed by atoms with E-state index in [1.165, 1.54) is 6.07 Å². The van der Waals surface area contributed by atoms with Crippen LogP contribution in [0.2, 0.25) is 0 Å². The highest BCUT2D eigenvalue weighted by atomic mass is 19.1. The number of amides is 1. The van der Waals surface area contributed by atoms with Gasteiger partial charge in [-0.1, -0.05) is 6.07 Å². The highest BCUT2D eigenvalue weighted by Gasteiger charge is 2.05. The van der Waals surface area contributed by atoms with Gasteiger partial charge in [0.15, 0.2) is 0 Å². The van der Waals surface area contributed by atoms with Gasteiger partial charge >= 0.3 is 0 Å². The lowest BCUT2D eigenvalue weighted by atomic mass is 10.2. The Morgan fingerprint density at radius 3 is 2.75 bits per heavy atom. The molecule has 0 spiro atoms. The molecule has 0 heterocycles. The molecule has 0 bridgehead atoms. The lowest BCUT2D eigenvalue weighted by Gasteiger charge is -2.05. The number of carbonyl (C=O) groups is 1. The first kappa shape index (κ1) is 12.6. The van der Waals surface area contributed by atoms with Crippen molar-refractivity contribution in [3.05, 3.63) is 35.4 Å². The Bertz CT molecular complexity index is 369. The average molecular weight is 229 g/mol. The molecule has 1 aromatic rings. The zero-order valence-corrected chi connectivity index (χ0v) is 8.67. The number of nitrogens with one attached hydrogen (secondary N) is 1. The number of benzene rings is 1. The van der Waals surface area contributed by atoms with Crippen molar-refractivity contribution in [1.29, 1.82) is 0 Å². The highest BCUT2D eigenvalue weighted by Crippen LogP contribution is 2.09. The van der Waals surface area contributed by atoms with E-state index >= 15 is 0 Å². The fourth-order valence-corrected chi connectivity index (χ4v) is 1.19. The Labute approximate surface area is 92.1 Å². The maximum absolute atomic E-state index is 13.1. The Hall–Kier alpha value is -1.49. The maximum atomic E-state index is 13.1. The molecule has 2 N–H and O–H groups in total. The van der Waals surface area contributed by atoms with Gasteiger partial charge in [0.2, 0.25) is 5.91 Å². The van der Waals surface area contributed by atoms with E-state index in [0.717, 1.165) is 12.1 Å². The SMILES string of the molecule is O=C(CCCO)NCc1ccc(F)cc1F. The second-order valence-corrected chi connectivity index (χ2v) is 3.34. The highest BCUT2D eigenvalue weighted by molar-refractivity contribution is 5.75.